The van der Waals surface area contributed by atoms with Gasteiger partial charge in [-0.2, -0.15) is 0 Å². The van der Waals surface area contributed by atoms with E-state index >= 15 is 0 Å². The van der Waals surface area contributed by atoms with Crippen molar-refractivity contribution >= 4 is 18.3 Å². The average molecular weight is 328 g/mol. The summed E-state index contributed by atoms with van der Waals surface area (Å²) in [6.07, 6.45) is 7.58. The Bertz CT molecular complexity index is 496. The number of carbonyl (C=O) groups excluding carboxylic acids is 1. The number of fused-ring (bicyclic) bond motifs is 1. The highest BCUT2D eigenvalue weighted by atomic mass is 35.5. The molecule has 0 unspecified atom stereocenters. The lowest BCUT2D eigenvalue weighted by molar-refractivity contribution is 0.0675. The van der Waals surface area contributed by atoms with Crippen LogP contribution in [0.15, 0.2) is 4.52 Å². The quantitative estimate of drug-likeness (QED) is 0.922. The highest BCUT2D eigenvalue weighted by molar-refractivity contribution is 5.94. The van der Waals surface area contributed by atoms with E-state index < -0.39 is 0 Å². The number of carbonyl (C=O) groups is 1. The molecule has 1 saturated heterocycles. The Morgan fingerprint density at radius 2 is 2.05 bits per heavy atom. The summed E-state index contributed by atoms with van der Waals surface area (Å²) in [6.45, 7) is 2.78. The number of nitrogens with one attached hydrogen (secondary N) is 1. The molecule has 0 atom stereocenters. The van der Waals surface area contributed by atoms with Gasteiger partial charge < -0.3 is 14.7 Å². The summed E-state index contributed by atoms with van der Waals surface area (Å²) in [5.74, 6) is 1.76. The number of hydrogen-bond acceptors (Lipinski definition) is 4. The van der Waals surface area contributed by atoms with Crippen molar-refractivity contribution < 1.29 is 9.32 Å². The molecule has 1 fully saturated rings. The molecule has 2 heterocycles. The Balaban J connectivity index is 0.00000176. The summed E-state index contributed by atoms with van der Waals surface area (Å²) >= 11 is 0. The van der Waals surface area contributed by atoms with Gasteiger partial charge in [0.15, 0.2) is 5.69 Å². The van der Waals surface area contributed by atoms with E-state index in [-0.39, 0.29) is 18.3 Å². The molecule has 6 heteroatoms. The number of amides is 1. The first-order valence-electron chi connectivity index (χ1n) is 8.21. The zero-order valence-electron chi connectivity index (χ0n) is 13.3. The first-order valence-corrected chi connectivity index (χ1v) is 8.21. The normalized spacial score (nSPS) is 18.7. The third-order valence-corrected chi connectivity index (χ3v) is 4.86. The molecular weight excluding hydrogens is 302 g/mol. The lowest BCUT2D eigenvalue weighted by atomic mass is 9.92. The fraction of sp³-hybridized carbons (Fsp3) is 0.750. The number of nitrogens with zero attached hydrogens (tertiary/aromatic N) is 2. The van der Waals surface area contributed by atoms with Crippen LogP contribution in [0.25, 0.3) is 0 Å². The van der Waals surface area contributed by atoms with E-state index in [0.717, 1.165) is 75.4 Å². The topological polar surface area (TPSA) is 58.4 Å². The second kappa shape index (κ2) is 7.97. The zero-order valence-corrected chi connectivity index (χ0v) is 14.1. The number of piperidine rings is 1. The molecule has 1 aliphatic carbocycles. The predicted octanol–water partition coefficient (Wildman–Crippen LogP) is 2.44. The molecule has 5 nitrogen and oxygen atoms in total. The molecule has 0 bridgehead atoms. The van der Waals surface area contributed by atoms with Gasteiger partial charge in [0.2, 0.25) is 0 Å². The Morgan fingerprint density at radius 3 is 2.77 bits per heavy atom. The van der Waals surface area contributed by atoms with E-state index in [4.69, 9.17) is 4.52 Å². The molecule has 0 radical (unpaired) electrons. The van der Waals surface area contributed by atoms with Crippen molar-refractivity contribution in [3.8, 4) is 0 Å². The van der Waals surface area contributed by atoms with E-state index in [0.29, 0.717) is 5.69 Å². The van der Waals surface area contributed by atoms with Gasteiger partial charge in [0.05, 0.1) is 0 Å². The van der Waals surface area contributed by atoms with Crippen molar-refractivity contribution in [2.75, 3.05) is 26.7 Å². The van der Waals surface area contributed by atoms with Crippen molar-refractivity contribution in [1.29, 1.82) is 0 Å². The minimum Gasteiger partial charge on any atom is -0.360 e. The fourth-order valence-electron chi connectivity index (χ4n) is 3.48. The van der Waals surface area contributed by atoms with Gasteiger partial charge in [0, 0.05) is 25.1 Å². The summed E-state index contributed by atoms with van der Waals surface area (Å²) in [5.41, 5.74) is 1.65. The second-order valence-corrected chi connectivity index (χ2v) is 6.27. The van der Waals surface area contributed by atoms with Crippen molar-refractivity contribution in [1.82, 2.24) is 15.4 Å². The van der Waals surface area contributed by atoms with Crippen molar-refractivity contribution in [3.05, 3.63) is 17.0 Å². The van der Waals surface area contributed by atoms with Crippen LogP contribution in [0.3, 0.4) is 0 Å². The van der Waals surface area contributed by atoms with E-state index in [1.54, 1.807) is 0 Å². The zero-order chi connectivity index (χ0) is 14.7. The Hall–Kier alpha value is -1.07. The lowest BCUT2D eigenvalue weighted by Crippen LogP contribution is -2.39. The first-order chi connectivity index (χ1) is 10.3. The maximum atomic E-state index is 12.6. The summed E-state index contributed by atoms with van der Waals surface area (Å²) in [4.78, 5) is 14.6. The summed E-state index contributed by atoms with van der Waals surface area (Å²) in [6, 6.07) is 0. The maximum absolute atomic E-state index is 12.6. The molecule has 22 heavy (non-hydrogen) atoms. The van der Waals surface area contributed by atoms with E-state index in [1.165, 1.54) is 6.42 Å². The maximum Gasteiger partial charge on any atom is 0.276 e. The average Bonchev–Trinajstić information content (AvgIpc) is 2.97. The monoisotopic (exact) mass is 327 g/mol. The number of hydrogen-bond donors (Lipinski definition) is 1. The number of rotatable bonds is 4. The van der Waals surface area contributed by atoms with E-state index in [2.05, 4.69) is 10.5 Å². The minimum atomic E-state index is 0. The molecule has 1 aliphatic heterocycles. The summed E-state index contributed by atoms with van der Waals surface area (Å²) < 4.78 is 5.37. The molecule has 1 aromatic heterocycles. The molecule has 0 aromatic carbocycles. The molecule has 1 aromatic rings. The summed E-state index contributed by atoms with van der Waals surface area (Å²) in [5, 5.41) is 7.27. The number of aromatic nitrogens is 1. The third-order valence-electron chi connectivity index (χ3n) is 4.86. The second-order valence-electron chi connectivity index (χ2n) is 6.27. The highest BCUT2D eigenvalue weighted by Gasteiger charge is 2.29. The third kappa shape index (κ3) is 3.63. The van der Waals surface area contributed by atoms with Gasteiger partial charge in [-0.15, -0.1) is 12.4 Å². The van der Waals surface area contributed by atoms with Crippen LogP contribution in [0.4, 0.5) is 0 Å². The number of halogens is 1. The van der Waals surface area contributed by atoms with E-state index in [1.807, 2.05) is 11.9 Å². The van der Waals surface area contributed by atoms with Crippen LogP contribution < -0.4 is 5.32 Å². The molecule has 2 aliphatic rings. The number of aryl methyl sites for hydroxylation is 1. The standard InChI is InChI=1S/C16H25N3O2.ClH/c1-17-9-6-12-7-10-19(11-8-12)16(20)15-13-4-2-3-5-14(13)21-18-15;/h12,17H,2-11H2,1H3;1H. The van der Waals surface area contributed by atoms with Gasteiger partial charge in [-0.05, 0) is 58.0 Å². The van der Waals surface area contributed by atoms with Gasteiger partial charge in [-0.3, -0.25) is 4.79 Å². The van der Waals surface area contributed by atoms with Gasteiger partial charge in [-0.1, -0.05) is 5.16 Å². The molecule has 124 valence electrons. The number of likely N-dealkylation sites (tertiary alicyclic amines) is 1. The van der Waals surface area contributed by atoms with Crippen LogP contribution in [0, 0.1) is 5.92 Å². The molecule has 0 saturated carbocycles. The highest BCUT2D eigenvalue weighted by Crippen LogP contribution is 2.27. The predicted molar refractivity (Wildman–Crippen MR) is 87.6 cm³/mol. The van der Waals surface area contributed by atoms with Gasteiger partial charge in [-0.25, -0.2) is 0 Å². The fourth-order valence-corrected chi connectivity index (χ4v) is 3.48. The van der Waals surface area contributed by atoms with Gasteiger partial charge >= 0.3 is 0 Å². The summed E-state index contributed by atoms with van der Waals surface area (Å²) in [7, 11) is 1.99. The molecular formula is C16H26ClN3O2. The van der Waals surface area contributed by atoms with Crippen LogP contribution in [-0.4, -0.2) is 42.6 Å². The minimum absolute atomic E-state index is 0. The molecule has 0 spiro atoms. The van der Waals surface area contributed by atoms with Crippen molar-refractivity contribution in [2.24, 2.45) is 5.92 Å². The molecule has 1 N–H and O–H groups in total. The van der Waals surface area contributed by atoms with E-state index in [9.17, 15) is 4.79 Å². The van der Waals surface area contributed by atoms with Crippen molar-refractivity contribution in [2.45, 2.75) is 44.9 Å². The van der Waals surface area contributed by atoms with Crippen molar-refractivity contribution in [3.63, 3.8) is 0 Å². The van der Waals surface area contributed by atoms with Crippen LogP contribution in [0.5, 0.6) is 0 Å². The molecule has 1 amide bonds. The van der Waals surface area contributed by atoms with Crippen LogP contribution in [-0.2, 0) is 12.8 Å². The first kappa shape index (κ1) is 17.3. The van der Waals surface area contributed by atoms with Crippen LogP contribution >= 0.6 is 12.4 Å². The molecule has 3 rings (SSSR count). The smallest absolute Gasteiger partial charge is 0.276 e. The Kier molecular flexibility index (Phi) is 6.26. The van der Waals surface area contributed by atoms with Gasteiger partial charge in [0.1, 0.15) is 5.76 Å². The van der Waals surface area contributed by atoms with Crippen LogP contribution in [0.1, 0.15) is 53.9 Å². The van der Waals surface area contributed by atoms with Gasteiger partial charge in [0.25, 0.3) is 5.91 Å². The lowest BCUT2D eigenvalue weighted by Gasteiger charge is -2.31. The Labute approximate surface area is 138 Å². The SMILES string of the molecule is CNCCC1CCN(C(=O)c2noc3c2CCCC3)CC1.Cl. The van der Waals surface area contributed by atoms with Crippen LogP contribution in [0.2, 0.25) is 0 Å². The Morgan fingerprint density at radius 1 is 1.32 bits per heavy atom. The largest absolute Gasteiger partial charge is 0.360 e.